The predicted molar refractivity (Wildman–Crippen MR) is 75.5 cm³/mol. The molecule has 1 aromatic heterocycles. The Morgan fingerprint density at radius 2 is 2.10 bits per heavy atom. The van der Waals surface area contributed by atoms with E-state index in [1.54, 1.807) is 24.3 Å². The molecule has 0 saturated carbocycles. The number of nitrogens with two attached hydrogens (primary N) is 1. The lowest BCUT2D eigenvalue weighted by atomic mass is 10.2. The molecule has 2 rings (SSSR count). The van der Waals surface area contributed by atoms with Crippen molar-refractivity contribution in [1.29, 1.82) is 0 Å². The molecule has 0 saturated heterocycles. The first-order chi connectivity index (χ1) is 9.60. The Morgan fingerprint density at radius 1 is 1.30 bits per heavy atom. The van der Waals surface area contributed by atoms with E-state index in [1.165, 1.54) is 7.11 Å². The summed E-state index contributed by atoms with van der Waals surface area (Å²) in [6.45, 7) is 2.19. The second kappa shape index (κ2) is 6.06. The lowest BCUT2D eigenvalue weighted by Crippen LogP contribution is -2.07. The Bertz CT molecular complexity index is 626. The maximum absolute atomic E-state index is 11.4. The molecule has 20 heavy (non-hydrogen) atoms. The molecular formula is C15H16N2O3. The monoisotopic (exact) mass is 272 g/mol. The highest BCUT2D eigenvalue weighted by atomic mass is 16.5. The van der Waals surface area contributed by atoms with E-state index in [0.717, 1.165) is 11.3 Å². The van der Waals surface area contributed by atoms with Crippen LogP contribution in [0, 0.1) is 6.92 Å². The van der Waals surface area contributed by atoms with Crippen LogP contribution in [-0.4, -0.2) is 18.1 Å². The first kappa shape index (κ1) is 13.9. The van der Waals surface area contributed by atoms with E-state index >= 15 is 0 Å². The summed E-state index contributed by atoms with van der Waals surface area (Å²) in [6.07, 6.45) is 0. The Labute approximate surface area is 117 Å². The molecule has 0 amide bonds. The van der Waals surface area contributed by atoms with Gasteiger partial charge in [-0.05, 0) is 42.8 Å². The zero-order valence-corrected chi connectivity index (χ0v) is 11.4. The third-order valence-electron chi connectivity index (χ3n) is 2.78. The van der Waals surface area contributed by atoms with Gasteiger partial charge in [-0.25, -0.2) is 9.78 Å². The zero-order chi connectivity index (χ0) is 14.5. The van der Waals surface area contributed by atoms with Crippen LogP contribution in [0.3, 0.4) is 0 Å². The van der Waals surface area contributed by atoms with Crippen LogP contribution in [0.5, 0.6) is 5.75 Å². The van der Waals surface area contributed by atoms with Gasteiger partial charge >= 0.3 is 5.97 Å². The summed E-state index contributed by atoms with van der Waals surface area (Å²) in [4.78, 5) is 15.6. The number of methoxy groups -OCH3 is 1. The number of aromatic nitrogens is 1. The molecule has 1 aromatic carbocycles. The van der Waals surface area contributed by atoms with Crippen molar-refractivity contribution in [3.8, 4) is 5.75 Å². The average Bonchev–Trinajstić information content (AvgIpc) is 2.46. The van der Waals surface area contributed by atoms with Crippen LogP contribution in [0.15, 0.2) is 36.4 Å². The van der Waals surface area contributed by atoms with Crippen molar-refractivity contribution in [1.82, 2.24) is 4.98 Å². The average molecular weight is 272 g/mol. The number of pyridine rings is 1. The maximum Gasteiger partial charge on any atom is 0.356 e. The first-order valence-electron chi connectivity index (χ1n) is 6.13. The minimum atomic E-state index is -0.462. The molecule has 1 heterocycles. The van der Waals surface area contributed by atoms with Crippen LogP contribution in [0.2, 0.25) is 0 Å². The van der Waals surface area contributed by atoms with Crippen LogP contribution in [-0.2, 0) is 11.3 Å². The van der Waals surface area contributed by atoms with Crippen molar-refractivity contribution >= 4 is 11.7 Å². The number of anilines is 1. The molecular weight excluding hydrogens is 256 g/mol. The van der Waals surface area contributed by atoms with Gasteiger partial charge in [0.1, 0.15) is 18.1 Å². The quantitative estimate of drug-likeness (QED) is 0.683. The summed E-state index contributed by atoms with van der Waals surface area (Å²) in [5.41, 5.74) is 8.25. The summed E-state index contributed by atoms with van der Waals surface area (Å²) in [5.74, 6) is 0.278. The van der Waals surface area contributed by atoms with E-state index in [2.05, 4.69) is 9.72 Å². The van der Waals surface area contributed by atoms with Gasteiger partial charge in [0, 0.05) is 5.69 Å². The molecule has 2 aromatic rings. The van der Waals surface area contributed by atoms with Crippen LogP contribution in [0.25, 0.3) is 0 Å². The predicted octanol–water partition coefficient (Wildman–Crippen LogP) is 2.34. The number of rotatable bonds is 4. The van der Waals surface area contributed by atoms with E-state index in [0.29, 0.717) is 11.4 Å². The highest BCUT2D eigenvalue weighted by Gasteiger charge is 2.08. The van der Waals surface area contributed by atoms with Crippen LogP contribution in [0.1, 0.15) is 21.7 Å². The smallest absolute Gasteiger partial charge is 0.356 e. The molecule has 0 fully saturated rings. The number of hydrogen-bond donors (Lipinski definition) is 1. The van der Waals surface area contributed by atoms with E-state index in [-0.39, 0.29) is 12.3 Å². The number of esters is 1. The molecule has 0 aliphatic carbocycles. The Hall–Kier alpha value is -2.56. The number of benzene rings is 1. The van der Waals surface area contributed by atoms with E-state index < -0.39 is 5.97 Å². The normalized spacial score (nSPS) is 10.1. The largest absolute Gasteiger partial charge is 0.487 e. The topological polar surface area (TPSA) is 74.4 Å². The maximum atomic E-state index is 11.4. The molecule has 0 atom stereocenters. The van der Waals surface area contributed by atoms with Crippen LogP contribution in [0.4, 0.5) is 5.69 Å². The van der Waals surface area contributed by atoms with Gasteiger partial charge in [0.05, 0.1) is 12.8 Å². The summed E-state index contributed by atoms with van der Waals surface area (Å²) < 4.78 is 10.3. The number of carbonyl (C=O) groups is 1. The van der Waals surface area contributed by atoms with Crippen molar-refractivity contribution in [3.63, 3.8) is 0 Å². The van der Waals surface area contributed by atoms with Crippen molar-refractivity contribution < 1.29 is 14.3 Å². The number of nitrogens with zero attached hydrogens (tertiary/aromatic N) is 1. The first-order valence-corrected chi connectivity index (χ1v) is 6.13. The Balaban J connectivity index is 2.09. The molecule has 0 bridgehead atoms. The molecule has 104 valence electrons. The summed E-state index contributed by atoms with van der Waals surface area (Å²) in [6, 6.07) is 10.6. The van der Waals surface area contributed by atoms with Gasteiger partial charge in [-0.1, -0.05) is 6.07 Å². The van der Waals surface area contributed by atoms with E-state index in [9.17, 15) is 4.79 Å². The van der Waals surface area contributed by atoms with Crippen LogP contribution < -0.4 is 10.5 Å². The lowest BCUT2D eigenvalue weighted by Gasteiger charge is -2.09. The lowest BCUT2D eigenvalue weighted by molar-refractivity contribution is 0.0593. The zero-order valence-electron chi connectivity index (χ0n) is 11.4. The molecule has 0 radical (unpaired) electrons. The van der Waals surface area contributed by atoms with Gasteiger partial charge in [-0.3, -0.25) is 0 Å². The van der Waals surface area contributed by atoms with Gasteiger partial charge in [-0.2, -0.15) is 0 Å². The SMILES string of the molecule is COC(=O)c1cccc(COc2ccc(N)cc2C)n1. The van der Waals surface area contributed by atoms with Gasteiger partial charge in [0.2, 0.25) is 0 Å². The third-order valence-corrected chi connectivity index (χ3v) is 2.78. The standard InChI is InChI=1S/C15H16N2O3/c1-10-8-11(16)6-7-14(10)20-9-12-4-3-5-13(17-12)15(18)19-2/h3-8H,9,16H2,1-2H3. The van der Waals surface area contributed by atoms with Gasteiger partial charge in [-0.15, -0.1) is 0 Å². The van der Waals surface area contributed by atoms with Crippen molar-refractivity contribution in [2.24, 2.45) is 0 Å². The second-order valence-electron chi connectivity index (χ2n) is 4.32. The number of carbonyl (C=O) groups excluding carboxylic acids is 1. The molecule has 2 N–H and O–H groups in total. The fourth-order valence-electron chi connectivity index (χ4n) is 1.76. The van der Waals surface area contributed by atoms with Crippen LogP contribution >= 0.6 is 0 Å². The molecule has 0 aliphatic heterocycles. The van der Waals surface area contributed by atoms with E-state index in [4.69, 9.17) is 10.5 Å². The fourth-order valence-corrected chi connectivity index (χ4v) is 1.76. The van der Waals surface area contributed by atoms with Gasteiger partial charge in [0.25, 0.3) is 0 Å². The highest BCUT2D eigenvalue weighted by Crippen LogP contribution is 2.21. The van der Waals surface area contributed by atoms with Gasteiger partial charge < -0.3 is 15.2 Å². The summed E-state index contributed by atoms with van der Waals surface area (Å²) in [5, 5.41) is 0. The Kier molecular flexibility index (Phi) is 4.20. The minimum absolute atomic E-state index is 0.266. The molecule has 0 aliphatic rings. The van der Waals surface area contributed by atoms with Crippen molar-refractivity contribution in [3.05, 3.63) is 53.3 Å². The van der Waals surface area contributed by atoms with Crippen molar-refractivity contribution in [2.45, 2.75) is 13.5 Å². The highest BCUT2D eigenvalue weighted by molar-refractivity contribution is 5.87. The molecule has 5 nitrogen and oxygen atoms in total. The third kappa shape index (κ3) is 3.26. The summed E-state index contributed by atoms with van der Waals surface area (Å²) in [7, 11) is 1.32. The second-order valence-corrected chi connectivity index (χ2v) is 4.32. The Morgan fingerprint density at radius 3 is 2.80 bits per heavy atom. The number of nitrogen functional groups attached to an aromatic ring is 1. The summed E-state index contributed by atoms with van der Waals surface area (Å²) >= 11 is 0. The fraction of sp³-hybridized carbons (Fsp3) is 0.200. The van der Waals surface area contributed by atoms with Gasteiger partial charge in [0.15, 0.2) is 0 Å². The van der Waals surface area contributed by atoms with Crippen molar-refractivity contribution in [2.75, 3.05) is 12.8 Å². The van der Waals surface area contributed by atoms with E-state index in [1.807, 2.05) is 19.1 Å². The number of aryl methyl sites for hydroxylation is 1. The molecule has 5 heteroatoms. The number of hydrogen-bond acceptors (Lipinski definition) is 5. The molecule has 0 spiro atoms. The minimum Gasteiger partial charge on any atom is -0.487 e. The number of ether oxygens (including phenoxy) is 2. The molecule has 0 unspecified atom stereocenters.